The van der Waals surface area contributed by atoms with Crippen molar-refractivity contribution in [2.24, 2.45) is 0 Å². The molecule has 4 N–H and O–H groups in total. The molecule has 0 aromatic heterocycles. The van der Waals surface area contributed by atoms with Crippen molar-refractivity contribution < 1.29 is 39.4 Å². The first-order valence-electron chi connectivity index (χ1n) is 3.61. The maximum absolute atomic E-state index is 9.02. The molecule has 8 heteroatoms. The lowest BCUT2D eigenvalue weighted by molar-refractivity contribution is -0.519. The zero-order valence-corrected chi connectivity index (χ0v) is 9.51. The summed E-state index contributed by atoms with van der Waals surface area (Å²) in [5, 5.41) is 17.7. The molecule has 0 aliphatic carbocycles. The molecular formula is C7H20O8. The molecule has 8 nitrogen and oxygen atoms in total. The third-order valence-corrected chi connectivity index (χ3v) is 0.967. The van der Waals surface area contributed by atoms with Crippen LogP contribution in [-0.4, -0.2) is 63.9 Å². The van der Waals surface area contributed by atoms with E-state index in [9.17, 15) is 0 Å². The van der Waals surface area contributed by atoms with Gasteiger partial charge in [0, 0.05) is 35.5 Å². The maximum atomic E-state index is 9.02. The summed E-state index contributed by atoms with van der Waals surface area (Å²) in [5.74, 6) is 0. The predicted octanol–water partition coefficient (Wildman–Crippen LogP) is -1.74. The van der Waals surface area contributed by atoms with Crippen molar-refractivity contribution in [3.05, 3.63) is 0 Å². The summed E-state index contributed by atoms with van der Waals surface area (Å²) in [6.07, 6.45) is -2.27. The number of aliphatic hydroxyl groups excluding tert-OH is 1. The summed E-state index contributed by atoms with van der Waals surface area (Å²) in [5.41, 5.74) is 0. The number of methoxy groups -OCH3 is 4. The Hall–Kier alpha value is -0.320. The van der Waals surface area contributed by atoms with Gasteiger partial charge in [0.1, 0.15) is 0 Å². The van der Waals surface area contributed by atoms with Crippen LogP contribution in [0.3, 0.4) is 0 Å². The molecule has 0 aliphatic rings. The number of ether oxygens (including phenoxy) is 5. The van der Waals surface area contributed by atoms with Crippen LogP contribution in [0.5, 0.6) is 0 Å². The molecule has 0 rings (SSSR count). The van der Waals surface area contributed by atoms with Crippen LogP contribution < -0.4 is 0 Å². The van der Waals surface area contributed by atoms with Crippen LogP contribution in [0.1, 0.15) is 0 Å². The molecule has 0 saturated carbocycles. The molecule has 0 spiro atoms. The topological polar surface area (TPSA) is 118 Å². The highest BCUT2D eigenvalue weighted by atomic mass is 17.0. The summed E-state index contributed by atoms with van der Waals surface area (Å²) in [7, 11) is 6.73. The highest BCUT2D eigenvalue weighted by molar-refractivity contribution is 4.29. The molecule has 0 aliphatic heterocycles. The molecule has 96 valence electrons. The van der Waals surface area contributed by atoms with Gasteiger partial charge >= 0.3 is 6.16 Å². The fourth-order valence-corrected chi connectivity index (χ4v) is 0.355. The van der Waals surface area contributed by atoms with E-state index in [1.807, 2.05) is 0 Å². The Balaban J connectivity index is -0.000000320. The van der Waals surface area contributed by atoms with Gasteiger partial charge in [0.05, 0.1) is 0 Å². The maximum Gasteiger partial charge on any atom is 0.413 e. The Morgan fingerprint density at radius 3 is 1.53 bits per heavy atom. The van der Waals surface area contributed by atoms with E-state index < -0.39 is 12.6 Å². The first-order chi connectivity index (χ1) is 6.49. The van der Waals surface area contributed by atoms with Crippen LogP contribution in [-0.2, 0) is 23.7 Å². The molecule has 0 amide bonds. The summed E-state index contributed by atoms with van der Waals surface area (Å²) >= 11 is 0. The van der Waals surface area contributed by atoms with Crippen LogP contribution in [0.2, 0.25) is 0 Å². The second-order valence-corrected chi connectivity index (χ2v) is 2.00. The van der Waals surface area contributed by atoms with Gasteiger partial charge in [0.25, 0.3) is 6.48 Å². The molecule has 0 heterocycles. The molecule has 0 aromatic carbocycles. The van der Waals surface area contributed by atoms with Crippen molar-refractivity contribution >= 4 is 0 Å². The molecule has 1 unspecified atom stereocenters. The van der Waals surface area contributed by atoms with E-state index in [0.717, 1.165) is 14.2 Å². The molecule has 0 aromatic rings. The zero-order chi connectivity index (χ0) is 11.6. The first kappa shape index (κ1) is 20.1. The van der Waals surface area contributed by atoms with E-state index in [0.29, 0.717) is 0 Å². The molecule has 0 radical (unpaired) electrons. The van der Waals surface area contributed by atoms with E-state index >= 15 is 0 Å². The number of aliphatic hydroxyl groups is 2. The van der Waals surface area contributed by atoms with Crippen LogP contribution >= 0.6 is 0 Å². The van der Waals surface area contributed by atoms with Gasteiger partial charge in [0.15, 0.2) is 0 Å². The summed E-state index contributed by atoms with van der Waals surface area (Å²) < 4.78 is 21.5. The lowest BCUT2D eigenvalue weighted by Gasteiger charge is -2.24. The Bertz CT molecular complexity index is 116. The lowest BCUT2D eigenvalue weighted by Crippen LogP contribution is -2.40. The number of hydrogen-bond acceptors (Lipinski definition) is 7. The van der Waals surface area contributed by atoms with Gasteiger partial charge in [-0.05, 0) is 0 Å². The van der Waals surface area contributed by atoms with Gasteiger partial charge in [-0.2, -0.15) is 0 Å². The third-order valence-electron chi connectivity index (χ3n) is 0.967. The smallest absolute Gasteiger partial charge is 0.412 e. The molecule has 0 fully saturated rings. The third kappa shape index (κ3) is 11.6. The fourth-order valence-electron chi connectivity index (χ4n) is 0.355. The van der Waals surface area contributed by atoms with E-state index in [4.69, 9.17) is 10.2 Å². The molecular weight excluding hydrogens is 212 g/mol. The Morgan fingerprint density at radius 2 is 1.33 bits per heavy atom. The Kier molecular flexibility index (Phi) is 15.8. The molecule has 1 atom stereocenters. The van der Waals surface area contributed by atoms with E-state index in [1.165, 1.54) is 7.11 Å². The fraction of sp³-hybridized carbons (Fsp3) is 1.00. The van der Waals surface area contributed by atoms with Gasteiger partial charge < -0.3 is 34.6 Å². The second-order valence-electron chi connectivity index (χ2n) is 2.00. The van der Waals surface area contributed by atoms with Crippen molar-refractivity contribution in [3.63, 3.8) is 0 Å². The van der Waals surface area contributed by atoms with Crippen molar-refractivity contribution in [1.29, 1.82) is 0 Å². The minimum absolute atomic E-state index is 0. The minimum Gasteiger partial charge on any atom is -0.412 e. The van der Waals surface area contributed by atoms with Gasteiger partial charge in [-0.3, -0.25) is 0 Å². The van der Waals surface area contributed by atoms with E-state index in [2.05, 4.69) is 23.7 Å². The zero-order valence-electron chi connectivity index (χ0n) is 9.51. The summed E-state index contributed by atoms with van der Waals surface area (Å²) in [6, 6.07) is 0. The van der Waals surface area contributed by atoms with E-state index in [1.54, 1.807) is 14.2 Å². The Labute approximate surface area is 88.6 Å². The van der Waals surface area contributed by atoms with Crippen molar-refractivity contribution in [2.45, 2.75) is 12.6 Å². The first-order valence-corrected chi connectivity index (χ1v) is 3.61. The molecule has 0 saturated heterocycles. The molecule has 15 heavy (non-hydrogen) atoms. The van der Waals surface area contributed by atoms with Gasteiger partial charge in [-0.15, -0.1) is 0 Å². The second kappa shape index (κ2) is 11.8. The van der Waals surface area contributed by atoms with Crippen LogP contribution in [0, 0.1) is 0 Å². The normalized spacial score (nSPS) is 12.2. The van der Waals surface area contributed by atoms with E-state index in [-0.39, 0.29) is 5.48 Å². The standard InChI is InChI=1S/C5H12O6.C2H6O.H2O/c1-8-4(6)11-5(7,9-2)10-3;1-3-2;/h4,6-7H,1-3H3;1-2H3;1H2. The summed E-state index contributed by atoms with van der Waals surface area (Å²) in [4.78, 5) is 0. The molecule has 0 bridgehead atoms. The van der Waals surface area contributed by atoms with Crippen molar-refractivity contribution in [2.75, 3.05) is 35.5 Å². The van der Waals surface area contributed by atoms with Gasteiger partial charge in [0.2, 0.25) is 0 Å². The van der Waals surface area contributed by atoms with Crippen molar-refractivity contribution in [1.82, 2.24) is 0 Å². The SMILES string of the molecule is COC.COC(O)OC(O)(OC)OC.O. The average molecular weight is 232 g/mol. The quantitative estimate of drug-likeness (QED) is 0.540. The predicted molar refractivity (Wildman–Crippen MR) is 49.6 cm³/mol. The monoisotopic (exact) mass is 232 g/mol. The van der Waals surface area contributed by atoms with Gasteiger partial charge in [-0.1, -0.05) is 0 Å². The highest BCUT2D eigenvalue weighted by Gasteiger charge is 2.31. The van der Waals surface area contributed by atoms with Crippen LogP contribution in [0.4, 0.5) is 0 Å². The van der Waals surface area contributed by atoms with Crippen LogP contribution in [0.15, 0.2) is 0 Å². The number of rotatable bonds is 5. The highest BCUT2D eigenvalue weighted by Crippen LogP contribution is 2.10. The minimum atomic E-state index is -2.27. The Morgan fingerprint density at radius 1 is 1.00 bits per heavy atom. The van der Waals surface area contributed by atoms with Gasteiger partial charge in [-0.25, -0.2) is 4.74 Å². The lowest BCUT2D eigenvalue weighted by atomic mass is 11.0. The average Bonchev–Trinajstić information content (AvgIpc) is 2.18. The van der Waals surface area contributed by atoms with Crippen molar-refractivity contribution in [3.8, 4) is 0 Å². The van der Waals surface area contributed by atoms with Crippen LogP contribution in [0.25, 0.3) is 0 Å². The largest absolute Gasteiger partial charge is 0.413 e. The number of hydrogen-bond donors (Lipinski definition) is 2. The summed E-state index contributed by atoms with van der Waals surface area (Å²) in [6.45, 7) is -1.60.